The highest BCUT2D eigenvalue weighted by atomic mass is 32.1. The van der Waals surface area contributed by atoms with Crippen molar-refractivity contribution in [3.8, 4) is 0 Å². The van der Waals surface area contributed by atoms with E-state index in [2.05, 4.69) is 13.8 Å². The average molecular weight is 256 g/mol. The van der Waals surface area contributed by atoms with Gasteiger partial charge in [0, 0.05) is 13.0 Å². The van der Waals surface area contributed by atoms with Crippen LogP contribution in [0.5, 0.6) is 0 Å². The smallest absolute Gasteiger partial charge is 0.226 e. The van der Waals surface area contributed by atoms with E-state index in [1.807, 2.05) is 6.92 Å². The van der Waals surface area contributed by atoms with Gasteiger partial charge in [0.1, 0.15) is 0 Å². The molecule has 0 bridgehead atoms. The molecule has 17 heavy (non-hydrogen) atoms. The summed E-state index contributed by atoms with van der Waals surface area (Å²) in [5, 5.41) is 0. The molecule has 0 aromatic heterocycles. The summed E-state index contributed by atoms with van der Waals surface area (Å²) in [5.41, 5.74) is 5.71. The van der Waals surface area contributed by atoms with Gasteiger partial charge in [-0.3, -0.25) is 4.79 Å². The van der Waals surface area contributed by atoms with Crippen molar-refractivity contribution in [2.45, 2.75) is 52.5 Å². The van der Waals surface area contributed by atoms with Gasteiger partial charge in [-0.15, -0.1) is 0 Å². The molecule has 0 radical (unpaired) electrons. The Balaban J connectivity index is 2.78. The van der Waals surface area contributed by atoms with E-state index in [9.17, 15) is 4.79 Å². The molecule has 3 nitrogen and oxygen atoms in total. The number of hydrogen-bond donors (Lipinski definition) is 1. The van der Waals surface area contributed by atoms with Crippen molar-refractivity contribution in [2.24, 2.45) is 17.1 Å². The fourth-order valence-corrected chi connectivity index (χ4v) is 2.74. The lowest BCUT2D eigenvalue weighted by atomic mass is 9.68. The molecule has 2 N–H and O–H groups in total. The Labute approximate surface area is 110 Å². The van der Waals surface area contributed by atoms with E-state index >= 15 is 0 Å². The third-order valence-electron chi connectivity index (χ3n) is 4.15. The van der Waals surface area contributed by atoms with Crippen LogP contribution in [0.3, 0.4) is 0 Å². The maximum absolute atomic E-state index is 12.5. The van der Waals surface area contributed by atoms with Crippen LogP contribution in [0.1, 0.15) is 46.5 Å². The van der Waals surface area contributed by atoms with E-state index in [4.69, 9.17) is 18.0 Å². The molecule has 1 fully saturated rings. The molecule has 0 heterocycles. The molecule has 1 aliphatic carbocycles. The zero-order valence-electron chi connectivity index (χ0n) is 11.3. The van der Waals surface area contributed by atoms with Crippen molar-refractivity contribution in [1.29, 1.82) is 0 Å². The molecule has 0 aliphatic heterocycles. The third kappa shape index (κ3) is 3.18. The number of carbonyl (C=O) groups is 1. The van der Waals surface area contributed by atoms with Gasteiger partial charge in [0.15, 0.2) is 0 Å². The molecule has 98 valence electrons. The number of amides is 1. The van der Waals surface area contributed by atoms with Crippen molar-refractivity contribution in [3.63, 3.8) is 0 Å². The van der Waals surface area contributed by atoms with Gasteiger partial charge in [0.05, 0.1) is 11.0 Å². The number of nitrogens with zero attached hydrogens (tertiary/aromatic N) is 1. The number of hydrogen-bond acceptors (Lipinski definition) is 2. The second kappa shape index (κ2) is 5.34. The van der Waals surface area contributed by atoms with E-state index in [1.165, 1.54) is 6.42 Å². The molecule has 4 heteroatoms. The van der Waals surface area contributed by atoms with Crippen molar-refractivity contribution >= 4 is 23.1 Å². The first-order chi connectivity index (χ1) is 7.77. The van der Waals surface area contributed by atoms with Gasteiger partial charge in [-0.2, -0.15) is 0 Å². The van der Waals surface area contributed by atoms with Gasteiger partial charge in [0.25, 0.3) is 0 Å². The highest BCUT2D eigenvalue weighted by Crippen LogP contribution is 2.41. The zero-order chi connectivity index (χ0) is 13.2. The first kappa shape index (κ1) is 14.4. The Bertz CT molecular complexity index is 315. The predicted octanol–water partition coefficient (Wildman–Crippen LogP) is 2.34. The zero-order valence-corrected chi connectivity index (χ0v) is 12.1. The van der Waals surface area contributed by atoms with Crippen molar-refractivity contribution in [2.75, 3.05) is 7.05 Å². The Hall–Kier alpha value is -0.640. The quantitative estimate of drug-likeness (QED) is 0.788. The third-order valence-corrected chi connectivity index (χ3v) is 4.49. The van der Waals surface area contributed by atoms with Crippen LogP contribution in [0, 0.1) is 11.3 Å². The Kier molecular flexibility index (Phi) is 4.53. The van der Waals surface area contributed by atoms with E-state index in [-0.39, 0.29) is 23.3 Å². The second-order valence-electron chi connectivity index (χ2n) is 5.81. The van der Waals surface area contributed by atoms with E-state index < -0.39 is 0 Å². The van der Waals surface area contributed by atoms with Gasteiger partial charge in [-0.05, 0) is 25.2 Å². The number of nitrogens with two attached hydrogens (primary N) is 1. The highest BCUT2D eigenvalue weighted by molar-refractivity contribution is 7.80. The van der Waals surface area contributed by atoms with Crippen LogP contribution >= 0.6 is 12.2 Å². The summed E-state index contributed by atoms with van der Waals surface area (Å²) in [4.78, 5) is 14.6. The molecule has 0 aromatic carbocycles. The van der Waals surface area contributed by atoms with Crippen LogP contribution in [0.2, 0.25) is 0 Å². The molecule has 1 saturated carbocycles. The summed E-state index contributed by atoms with van der Waals surface area (Å²) < 4.78 is 0. The van der Waals surface area contributed by atoms with E-state index in [0.717, 1.165) is 19.3 Å². The summed E-state index contributed by atoms with van der Waals surface area (Å²) >= 11 is 4.96. The van der Waals surface area contributed by atoms with Crippen LogP contribution in [-0.2, 0) is 4.79 Å². The van der Waals surface area contributed by atoms with Crippen LogP contribution in [0.25, 0.3) is 0 Å². The Morgan fingerprint density at radius 3 is 2.53 bits per heavy atom. The number of rotatable bonds is 3. The lowest BCUT2D eigenvalue weighted by Crippen LogP contribution is -2.48. The first-order valence-corrected chi connectivity index (χ1v) is 6.74. The molecular formula is C13H24N2OS. The van der Waals surface area contributed by atoms with Crippen LogP contribution in [-0.4, -0.2) is 28.9 Å². The topological polar surface area (TPSA) is 46.3 Å². The largest absolute Gasteiger partial charge is 0.392 e. The van der Waals surface area contributed by atoms with Gasteiger partial charge in [-0.25, -0.2) is 0 Å². The monoisotopic (exact) mass is 256 g/mol. The molecule has 1 aliphatic rings. The molecule has 0 spiro atoms. The average Bonchev–Trinajstić information content (AvgIpc) is 2.25. The van der Waals surface area contributed by atoms with Gasteiger partial charge in [0.2, 0.25) is 5.91 Å². The van der Waals surface area contributed by atoms with E-state index in [1.54, 1.807) is 11.9 Å². The number of likely N-dealkylation sites (N-methyl/N-ethyl adjacent to an activating group) is 1. The normalized spacial score (nSPS) is 25.1. The van der Waals surface area contributed by atoms with Crippen LogP contribution in [0.15, 0.2) is 0 Å². The summed E-state index contributed by atoms with van der Waals surface area (Å²) in [6, 6.07) is -0.157. The summed E-state index contributed by atoms with van der Waals surface area (Å²) in [6.45, 7) is 6.26. The van der Waals surface area contributed by atoms with Gasteiger partial charge < -0.3 is 10.6 Å². The standard InChI is InChI=1S/C13H24N2OS/c1-9(11(14)17)15(4)12(16)10-7-5-6-8-13(10,2)3/h9-10H,5-8H2,1-4H3,(H2,14,17). The molecule has 0 aromatic rings. The minimum absolute atomic E-state index is 0.0968. The maximum atomic E-state index is 12.5. The lowest BCUT2D eigenvalue weighted by Gasteiger charge is -2.40. The van der Waals surface area contributed by atoms with E-state index in [0.29, 0.717) is 4.99 Å². The maximum Gasteiger partial charge on any atom is 0.226 e. The Morgan fingerprint density at radius 1 is 1.47 bits per heavy atom. The van der Waals surface area contributed by atoms with Crippen molar-refractivity contribution in [3.05, 3.63) is 0 Å². The van der Waals surface area contributed by atoms with Crippen LogP contribution in [0.4, 0.5) is 0 Å². The SMILES string of the molecule is CC(C(N)=S)N(C)C(=O)C1CCCCC1(C)C. The minimum atomic E-state index is -0.157. The number of thiocarbonyl (C=S) groups is 1. The molecule has 0 saturated heterocycles. The highest BCUT2D eigenvalue weighted by Gasteiger charge is 2.39. The fourth-order valence-electron chi connectivity index (χ4n) is 2.58. The first-order valence-electron chi connectivity index (χ1n) is 6.33. The minimum Gasteiger partial charge on any atom is -0.392 e. The van der Waals surface area contributed by atoms with Crippen LogP contribution < -0.4 is 5.73 Å². The molecule has 2 atom stereocenters. The molecule has 2 unspecified atom stereocenters. The molecule has 1 amide bonds. The van der Waals surface area contributed by atoms with Crippen molar-refractivity contribution < 1.29 is 4.79 Å². The van der Waals surface area contributed by atoms with Gasteiger partial charge >= 0.3 is 0 Å². The fraction of sp³-hybridized carbons (Fsp3) is 0.846. The molecular weight excluding hydrogens is 232 g/mol. The summed E-state index contributed by atoms with van der Waals surface area (Å²) in [6.07, 6.45) is 4.49. The second-order valence-corrected chi connectivity index (χ2v) is 6.29. The molecule has 1 rings (SSSR count). The van der Waals surface area contributed by atoms with Gasteiger partial charge in [-0.1, -0.05) is 38.9 Å². The summed E-state index contributed by atoms with van der Waals surface area (Å²) in [5.74, 6) is 0.299. The predicted molar refractivity (Wildman–Crippen MR) is 74.8 cm³/mol. The summed E-state index contributed by atoms with van der Waals surface area (Å²) in [7, 11) is 1.80. The lowest BCUT2D eigenvalue weighted by molar-refractivity contribution is -0.140. The van der Waals surface area contributed by atoms with Crippen molar-refractivity contribution in [1.82, 2.24) is 4.90 Å². The Morgan fingerprint density at radius 2 is 2.06 bits per heavy atom. The number of carbonyl (C=O) groups excluding carboxylic acids is 1.